The van der Waals surface area contributed by atoms with Gasteiger partial charge in [-0.1, -0.05) is 5.16 Å². The summed E-state index contributed by atoms with van der Waals surface area (Å²) < 4.78 is 6.95. The van der Waals surface area contributed by atoms with E-state index < -0.39 is 0 Å². The highest BCUT2D eigenvalue weighted by molar-refractivity contribution is 9.13. The molecule has 0 aliphatic heterocycles. The molecule has 0 amide bonds. The molecule has 2 heterocycles. The normalized spacial score (nSPS) is 10.8. The lowest BCUT2D eigenvalue weighted by atomic mass is 10.2. The molecule has 2 aromatic heterocycles. The molecule has 0 unspecified atom stereocenters. The number of nitrogens with zero attached hydrogens (tertiary/aromatic N) is 1. The molecule has 0 aliphatic rings. The summed E-state index contributed by atoms with van der Waals surface area (Å²) >= 11 is 8.43. The molecule has 0 bridgehead atoms. The SMILES string of the molecule is Cc1c(-c2cc(Br)c(Br)s2)noc1N. The largest absolute Gasteiger partial charge is 0.367 e. The van der Waals surface area contributed by atoms with Crippen LogP contribution in [0.15, 0.2) is 18.8 Å². The summed E-state index contributed by atoms with van der Waals surface area (Å²) in [5, 5.41) is 3.91. The van der Waals surface area contributed by atoms with Crippen LogP contribution in [0.2, 0.25) is 0 Å². The maximum absolute atomic E-state index is 5.57. The highest BCUT2D eigenvalue weighted by Gasteiger charge is 2.14. The average Bonchev–Trinajstić information content (AvgIpc) is 2.61. The van der Waals surface area contributed by atoms with E-state index in [2.05, 4.69) is 37.0 Å². The van der Waals surface area contributed by atoms with E-state index in [0.29, 0.717) is 5.88 Å². The van der Waals surface area contributed by atoms with Gasteiger partial charge in [-0.15, -0.1) is 11.3 Å². The van der Waals surface area contributed by atoms with Crippen LogP contribution in [0.25, 0.3) is 10.6 Å². The standard InChI is InChI=1S/C8H6Br2N2OS/c1-3-6(12-13-8(3)11)5-2-4(9)7(10)14-5/h2H,11H2,1H3. The van der Waals surface area contributed by atoms with Crippen molar-refractivity contribution in [2.24, 2.45) is 0 Å². The molecule has 0 aromatic carbocycles. The molecule has 2 aromatic rings. The highest BCUT2D eigenvalue weighted by atomic mass is 79.9. The van der Waals surface area contributed by atoms with Crippen LogP contribution in [0.4, 0.5) is 5.88 Å². The molecule has 74 valence electrons. The van der Waals surface area contributed by atoms with E-state index in [-0.39, 0.29) is 0 Å². The predicted molar refractivity (Wildman–Crippen MR) is 64.4 cm³/mol. The second-order valence-corrected chi connectivity index (χ2v) is 5.98. The molecule has 0 saturated carbocycles. The molecule has 0 spiro atoms. The molecule has 3 nitrogen and oxygen atoms in total. The van der Waals surface area contributed by atoms with E-state index in [0.717, 1.165) is 24.4 Å². The van der Waals surface area contributed by atoms with E-state index in [4.69, 9.17) is 10.3 Å². The minimum atomic E-state index is 0.376. The third kappa shape index (κ3) is 1.62. The Morgan fingerprint density at radius 3 is 2.64 bits per heavy atom. The summed E-state index contributed by atoms with van der Waals surface area (Å²) in [5.74, 6) is 0.376. The second kappa shape index (κ2) is 3.67. The van der Waals surface area contributed by atoms with Crippen LogP contribution in [-0.2, 0) is 0 Å². The lowest BCUT2D eigenvalue weighted by molar-refractivity contribution is 0.439. The van der Waals surface area contributed by atoms with Crippen molar-refractivity contribution in [3.8, 4) is 10.6 Å². The molecular formula is C8H6Br2N2OS. The second-order valence-electron chi connectivity index (χ2n) is 2.75. The Morgan fingerprint density at radius 2 is 2.21 bits per heavy atom. The van der Waals surface area contributed by atoms with Crippen LogP contribution < -0.4 is 5.73 Å². The van der Waals surface area contributed by atoms with Gasteiger partial charge in [0.25, 0.3) is 0 Å². The fourth-order valence-corrected chi connectivity index (χ4v) is 3.12. The smallest absolute Gasteiger partial charge is 0.225 e. The minimum Gasteiger partial charge on any atom is -0.367 e. The number of hydrogen-bond acceptors (Lipinski definition) is 4. The molecule has 0 saturated heterocycles. The topological polar surface area (TPSA) is 52.0 Å². The maximum Gasteiger partial charge on any atom is 0.225 e. The monoisotopic (exact) mass is 336 g/mol. The van der Waals surface area contributed by atoms with Crippen molar-refractivity contribution in [3.05, 3.63) is 19.9 Å². The number of nitrogens with two attached hydrogens (primary N) is 1. The number of anilines is 1. The van der Waals surface area contributed by atoms with Crippen LogP contribution in [-0.4, -0.2) is 5.16 Å². The predicted octanol–water partition coefficient (Wildman–Crippen LogP) is 3.82. The molecule has 2 N–H and O–H groups in total. The van der Waals surface area contributed by atoms with Gasteiger partial charge in [0, 0.05) is 10.0 Å². The molecule has 2 rings (SSSR count). The summed E-state index contributed by atoms with van der Waals surface area (Å²) in [6.07, 6.45) is 0. The summed E-state index contributed by atoms with van der Waals surface area (Å²) in [5.41, 5.74) is 7.26. The maximum atomic E-state index is 5.57. The molecule has 0 atom stereocenters. The fraction of sp³-hybridized carbons (Fsp3) is 0.125. The molecular weight excluding hydrogens is 332 g/mol. The van der Waals surface area contributed by atoms with E-state index in [1.54, 1.807) is 11.3 Å². The van der Waals surface area contributed by atoms with Crippen molar-refractivity contribution in [2.75, 3.05) is 5.73 Å². The first-order valence-corrected chi connectivity index (χ1v) is 6.17. The van der Waals surface area contributed by atoms with E-state index in [1.165, 1.54) is 0 Å². The van der Waals surface area contributed by atoms with Gasteiger partial charge in [0.05, 0.1) is 8.66 Å². The molecule has 0 aliphatic carbocycles. The van der Waals surface area contributed by atoms with Crippen molar-refractivity contribution < 1.29 is 4.52 Å². The number of nitrogen functional groups attached to an aromatic ring is 1. The minimum absolute atomic E-state index is 0.376. The van der Waals surface area contributed by atoms with Crippen molar-refractivity contribution in [1.82, 2.24) is 5.16 Å². The van der Waals surface area contributed by atoms with Gasteiger partial charge in [-0.25, -0.2) is 0 Å². The summed E-state index contributed by atoms with van der Waals surface area (Å²) in [4.78, 5) is 1.03. The van der Waals surface area contributed by atoms with Crippen molar-refractivity contribution in [1.29, 1.82) is 0 Å². The number of aromatic nitrogens is 1. The zero-order valence-electron chi connectivity index (χ0n) is 7.17. The Hall–Kier alpha value is -0.330. The van der Waals surface area contributed by atoms with Gasteiger partial charge in [-0.05, 0) is 44.8 Å². The Labute approximate surface area is 102 Å². The average molecular weight is 338 g/mol. The third-order valence-electron chi connectivity index (χ3n) is 1.84. The molecule has 0 radical (unpaired) electrons. The zero-order chi connectivity index (χ0) is 10.3. The molecule has 0 fully saturated rings. The van der Waals surface area contributed by atoms with E-state index in [1.807, 2.05) is 13.0 Å². The molecule has 6 heteroatoms. The first-order valence-electron chi connectivity index (χ1n) is 3.76. The Kier molecular flexibility index (Phi) is 2.68. The van der Waals surface area contributed by atoms with Gasteiger partial charge in [0.1, 0.15) is 5.69 Å². The van der Waals surface area contributed by atoms with Gasteiger partial charge >= 0.3 is 0 Å². The van der Waals surface area contributed by atoms with Gasteiger partial charge in [-0.3, -0.25) is 0 Å². The Balaban J connectivity index is 2.54. The van der Waals surface area contributed by atoms with Gasteiger partial charge in [0.2, 0.25) is 5.88 Å². The van der Waals surface area contributed by atoms with Gasteiger partial charge < -0.3 is 10.3 Å². The first-order chi connectivity index (χ1) is 6.59. The van der Waals surface area contributed by atoms with Crippen molar-refractivity contribution >= 4 is 49.1 Å². The molecule has 14 heavy (non-hydrogen) atoms. The summed E-state index contributed by atoms with van der Waals surface area (Å²) in [7, 11) is 0. The van der Waals surface area contributed by atoms with E-state index >= 15 is 0 Å². The first kappa shape index (κ1) is 10.2. The summed E-state index contributed by atoms with van der Waals surface area (Å²) in [6, 6.07) is 1.99. The van der Waals surface area contributed by atoms with Crippen LogP contribution in [0, 0.1) is 6.92 Å². The van der Waals surface area contributed by atoms with Gasteiger partial charge in [-0.2, -0.15) is 0 Å². The Morgan fingerprint density at radius 1 is 1.50 bits per heavy atom. The Bertz CT molecular complexity index is 458. The number of halogens is 2. The van der Waals surface area contributed by atoms with E-state index in [9.17, 15) is 0 Å². The third-order valence-corrected chi connectivity index (χ3v) is 5.10. The highest BCUT2D eigenvalue weighted by Crippen LogP contribution is 2.39. The summed E-state index contributed by atoms with van der Waals surface area (Å²) in [6.45, 7) is 1.89. The lowest BCUT2D eigenvalue weighted by Crippen LogP contribution is -1.83. The van der Waals surface area contributed by atoms with Crippen LogP contribution in [0.1, 0.15) is 5.56 Å². The van der Waals surface area contributed by atoms with Gasteiger partial charge in [0.15, 0.2) is 0 Å². The van der Waals surface area contributed by atoms with Crippen LogP contribution in [0.3, 0.4) is 0 Å². The quantitative estimate of drug-likeness (QED) is 0.860. The van der Waals surface area contributed by atoms with Crippen LogP contribution in [0.5, 0.6) is 0 Å². The number of thiophene rings is 1. The van der Waals surface area contributed by atoms with Crippen molar-refractivity contribution in [3.63, 3.8) is 0 Å². The number of hydrogen-bond donors (Lipinski definition) is 1. The van der Waals surface area contributed by atoms with Crippen molar-refractivity contribution in [2.45, 2.75) is 6.92 Å². The fourth-order valence-electron chi connectivity index (χ4n) is 1.04. The number of rotatable bonds is 1. The zero-order valence-corrected chi connectivity index (χ0v) is 11.2. The lowest BCUT2D eigenvalue weighted by Gasteiger charge is -1.89. The van der Waals surface area contributed by atoms with Crippen LogP contribution >= 0.6 is 43.2 Å².